The summed E-state index contributed by atoms with van der Waals surface area (Å²) in [6, 6.07) is 12.1. The first-order valence-electron chi connectivity index (χ1n) is 8.47. The van der Waals surface area contributed by atoms with Gasteiger partial charge in [-0.25, -0.2) is 4.79 Å². The average Bonchev–Trinajstić information content (AvgIpc) is 2.69. The van der Waals surface area contributed by atoms with Crippen LogP contribution in [-0.2, 0) is 4.79 Å². The van der Waals surface area contributed by atoms with Crippen LogP contribution in [0.4, 0.5) is 0 Å². The number of carboxylic acid groups (broad SMARTS) is 1. The third-order valence-corrected chi connectivity index (χ3v) is 4.25. The maximum Gasteiger partial charge on any atom is 0.339 e. The largest absolute Gasteiger partial charge is 0.507 e. The summed E-state index contributed by atoms with van der Waals surface area (Å²) < 4.78 is 0. The number of allylic oxidation sites excluding steroid dienone is 6. The summed E-state index contributed by atoms with van der Waals surface area (Å²) >= 11 is 0. The van der Waals surface area contributed by atoms with Crippen LogP contribution in [0, 0.1) is 30.1 Å². The molecule has 0 aliphatic heterocycles. The van der Waals surface area contributed by atoms with Gasteiger partial charge in [0.15, 0.2) is 0 Å². The van der Waals surface area contributed by atoms with Crippen molar-refractivity contribution in [2.75, 3.05) is 0 Å². The molecular weight excluding hydrogens is 338 g/mol. The average molecular weight is 361 g/mol. The molecule has 1 unspecified atom stereocenters. The molecule has 1 aliphatic carbocycles. The molecule has 0 heterocycles. The molecule has 0 amide bonds. The number of aliphatic carboxylic acids is 1. The Balaban J connectivity index is 0.00000176. The first kappa shape index (κ1) is 21.5. The number of carboxylic acids is 1. The van der Waals surface area contributed by atoms with Crippen LogP contribution in [-0.4, -0.2) is 16.2 Å². The van der Waals surface area contributed by atoms with Crippen molar-refractivity contribution in [3.05, 3.63) is 76.6 Å². The van der Waals surface area contributed by atoms with E-state index in [1.54, 1.807) is 6.92 Å². The topological polar surface area (TPSA) is 81.3 Å². The van der Waals surface area contributed by atoms with Gasteiger partial charge in [-0.3, -0.25) is 0 Å². The quantitative estimate of drug-likeness (QED) is 0.333. The van der Waals surface area contributed by atoms with Crippen LogP contribution >= 0.6 is 0 Å². The fraction of sp³-hybridized carbons (Fsp3) is 0.217. The Kier molecular flexibility index (Phi) is 8.36. The fourth-order valence-electron chi connectivity index (χ4n) is 3.08. The Bertz CT molecular complexity index is 862. The second-order valence-corrected chi connectivity index (χ2v) is 6.01. The molecule has 0 bridgehead atoms. The Hall–Kier alpha value is -3.50. The van der Waals surface area contributed by atoms with Crippen LogP contribution in [0.3, 0.4) is 0 Å². The van der Waals surface area contributed by atoms with E-state index >= 15 is 0 Å². The summed E-state index contributed by atoms with van der Waals surface area (Å²) in [5.41, 5.74) is 3.58. The van der Waals surface area contributed by atoms with Crippen LogP contribution in [0.15, 0.2) is 71.0 Å². The highest BCUT2D eigenvalue weighted by molar-refractivity contribution is 5.91. The van der Waals surface area contributed by atoms with E-state index in [-0.39, 0.29) is 17.3 Å². The summed E-state index contributed by atoms with van der Waals surface area (Å²) in [5.74, 6) is -1.38. The van der Waals surface area contributed by atoms with Crippen LogP contribution in [0.2, 0.25) is 0 Å². The molecule has 138 valence electrons. The first-order valence-corrected chi connectivity index (χ1v) is 8.47. The van der Waals surface area contributed by atoms with E-state index in [0.29, 0.717) is 12.0 Å². The van der Waals surface area contributed by atoms with Crippen molar-refractivity contribution in [1.29, 1.82) is 5.26 Å². The van der Waals surface area contributed by atoms with Gasteiger partial charge < -0.3 is 10.2 Å². The van der Waals surface area contributed by atoms with Gasteiger partial charge in [0.25, 0.3) is 0 Å². The molecule has 1 aromatic rings. The fourth-order valence-corrected chi connectivity index (χ4v) is 3.08. The number of hydrogen-bond donors (Lipinski definition) is 2. The predicted molar refractivity (Wildman–Crippen MR) is 107 cm³/mol. The van der Waals surface area contributed by atoms with Crippen molar-refractivity contribution >= 4 is 11.5 Å². The standard InChI is InChI=1S/C21H21NO3.C2H2/c1-3-19(23)18(21(24)25)10-9-15-11-14(2)20(17(12-15)13-22)16-7-5-4-6-8-16;1-2/h3-8,10,12,15,23H,9,11H2,1-2H3,(H,24,25);1-2H/b18-10+,19-3+;. The number of nitrogens with zero attached hydrogens (tertiary/aromatic N) is 1. The molecule has 2 N–H and O–H groups in total. The smallest absolute Gasteiger partial charge is 0.339 e. The highest BCUT2D eigenvalue weighted by Crippen LogP contribution is 2.36. The van der Waals surface area contributed by atoms with E-state index in [1.165, 1.54) is 12.2 Å². The van der Waals surface area contributed by atoms with Gasteiger partial charge in [-0.15, -0.1) is 12.8 Å². The van der Waals surface area contributed by atoms with Gasteiger partial charge in [0.2, 0.25) is 0 Å². The molecule has 4 heteroatoms. The van der Waals surface area contributed by atoms with Crippen molar-refractivity contribution in [3.8, 4) is 18.9 Å². The van der Waals surface area contributed by atoms with Gasteiger partial charge in [0.1, 0.15) is 5.76 Å². The number of nitriles is 1. The number of carbonyl (C=O) groups is 1. The molecule has 0 saturated carbocycles. The lowest BCUT2D eigenvalue weighted by Crippen LogP contribution is -2.09. The summed E-state index contributed by atoms with van der Waals surface area (Å²) in [5, 5.41) is 28.4. The minimum absolute atomic E-state index is 0.0288. The molecule has 0 spiro atoms. The van der Waals surface area contributed by atoms with E-state index in [2.05, 4.69) is 18.9 Å². The van der Waals surface area contributed by atoms with Crippen LogP contribution in [0.5, 0.6) is 0 Å². The summed E-state index contributed by atoms with van der Waals surface area (Å²) in [4.78, 5) is 11.2. The van der Waals surface area contributed by atoms with Crippen molar-refractivity contribution in [2.24, 2.45) is 5.92 Å². The zero-order valence-electron chi connectivity index (χ0n) is 15.5. The number of hydrogen-bond acceptors (Lipinski definition) is 3. The Morgan fingerprint density at radius 2 is 1.93 bits per heavy atom. The van der Waals surface area contributed by atoms with E-state index in [0.717, 1.165) is 23.1 Å². The number of aliphatic hydroxyl groups is 1. The van der Waals surface area contributed by atoms with Gasteiger partial charge in [-0.2, -0.15) is 5.26 Å². The molecule has 4 nitrogen and oxygen atoms in total. The number of terminal acetylenes is 1. The molecule has 0 saturated heterocycles. The van der Waals surface area contributed by atoms with E-state index in [9.17, 15) is 20.3 Å². The number of benzene rings is 1. The second kappa shape index (κ2) is 10.5. The third-order valence-electron chi connectivity index (χ3n) is 4.25. The monoisotopic (exact) mass is 361 g/mol. The summed E-state index contributed by atoms with van der Waals surface area (Å²) in [7, 11) is 0. The van der Waals surface area contributed by atoms with Crippen LogP contribution < -0.4 is 0 Å². The van der Waals surface area contributed by atoms with Crippen LogP contribution in [0.1, 0.15) is 32.3 Å². The van der Waals surface area contributed by atoms with Crippen molar-refractivity contribution in [1.82, 2.24) is 0 Å². The lowest BCUT2D eigenvalue weighted by atomic mass is 9.81. The molecule has 0 aromatic heterocycles. The first-order chi connectivity index (χ1) is 13.0. The minimum Gasteiger partial charge on any atom is -0.507 e. The second-order valence-electron chi connectivity index (χ2n) is 6.01. The normalized spacial score (nSPS) is 17.3. The summed E-state index contributed by atoms with van der Waals surface area (Å²) in [6.07, 6.45) is 14.0. The van der Waals surface area contributed by atoms with Crippen LogP contribution in [0.25, 0.3) is 5.57 Å². The molecule has 1 aromatic carbocycles. The maximum atomic E-state index is 11.2. The molecule has 1 atom stereocenters. The van der Waals surface area contributed by atoms with Crippen molar-refractivity contribution in [2.45, 2.75) is 26.7 Å². The SMILES string of the molecule is C#C.C/C=C(O)\C(=C/CC1C=C(C#N)C(c2ccccc2)=C(C)C1)C(=O)O. The molecule has 27 heavy (non-hydrogen) atoms. The molecule has 0 radical (unpaired) electrons. The summed E-state index contributed by atoms with van der Waals surface area (Å²) in [6.45, 7) is 3.59. The maximum absolute atomic E-state index is 11.2. The van der Waals surface area contributed by atoms with Crippen molar-refractivity contribution in [3.63, 3.8) is 0 Å². The molecule has 2 rings (SSSR count). The minimum atomic E-state index is -1.16. The van der Waals surface area contributed by atoms with Gasteiger partial charge in [0.05, 0.1) is 17.2 Å². The number of rotatable bonds is 5. The van der Waals surface area contributed by atoms with Gasteiger partial charge in [0, 0.05) is 0 Å². The zero-order valence-corrected chi connectivity index (χ0v) is 15.5. The Labute approximate surface area is 160 Å². The number of aliphatic hydroxyl groups excluding tert-OH is 1. The third kappa shape index (κ3) is 5.49. The predicted octanol–water partition coefficient (Wildman–Crippen LogP) is 5.04. The van der Waals surface area contributed by atoms with Gasteiger partial charge in [-0.05, 0) is 49.8 Å². The van der Waals surface area contributed by atoms with E-state index in [4.69, 9.17) is 0 Å². The lowest BCUT2D eigenvalue weighted by Gasteiger charge is -2.22. The Morgan fingerprint density at radius 1 is 1.30 bits per heavy atom. The van der Waals surface area contributed by atoms with E-state index < -0.39 is 5.97 Å². The zero-order chi connectivity index (χ0) is 20.4. The lowest BCUT2D eigenvalue weighted by molar-refractivity contribution is -0.132. The van der Waals surface area contributed by atoms with E-state index in [1.807, 2.05) is 43.3 Å². The van der Waals surface area contributed by atoms with Crippen molar-refractivity contribution < 1.29 is 15.0 Å². The molecule has 0 fully saturated rings. The molecular formula is C23H23NO3. The Morgan fingerprint density at radius 3 is 2.44 bits per heavy atom. The van der Waals surface area contributed by atoms with Gasteiger partial charge in [-0.1, -0.05) is 48.1 Å². The highest BCUT2D eigenvalue weighted by Gasteiger charge is 2.21. The van der Waals surface area contributed by atoms with Gasteiger partial charge >= 0.3 is 5.97 Å². The highest BCUT2D eigenvalue weighted by atomic mass is 16.4. The molecule has 1 aliphatic rings.